The van der Waals surface area contributed by atoms with Crippen LogP contribution in [0, 0.1) is 5.82 Å². The van der Waals surface area contributed by atoms with Gasteiger partial charge in [-0.2, -0.15) is 0 Å². The third-order valence-corrected chi connectivity index (χ3v) is 5.03. The molecule has 0 bridgehead atoms. The van der Waals surface area contributed by atoms with Gasteiger partial charge in [-0.25, -0.2) is 4.39 Å². The SMILES string of the molecule is COc1ccc2c(c1)CCN(C(=O)c1cccc(F)c1)C2c1ccccc1. The standard InChI is InChI=1S/C23H20FNO2/c1-27-20-10-11-21-17(15-20)12-13-25(22(21)16-6-3-2-4-7-16)23(26)18-8-5-9-19(24)14-18/h2-11,14-15,22H,12-13H2,1H3. The Morgan fingerprint density at radius 1 is 1.04 bits per heavy atom. The van der Waals surface area contributed by atoms with Crippen LogP contribution in [-0.4, -0.2) is 24.5 Å². The minimum absolute atomic E-state index is 0.162. The van der Waals surface area contributed by atoms with Gasteiger partial charge in [-0.15, -0.1) is 0 Å². The van der Waals surface area contributed by atoms with Crippen LogP contribution in [0.25, 0.3) is 0 Å². The molecule has 4 rings (SSSR count). The van der Waals surface area contributed by atoms with Crippen molar-refractivity contribution in [1.29, 1.82) is 0 Å². The van der Waals surface area contributed by atoms with Crippen molar-refractivity contribution in [1.82, 2.24) is 4.90 Å². The minimum atomic E-state index is -0.403. The van der Waals surface area contributed by atoms with E-state index in [0.717, 1.165) is 23.3 Å². The van der Waals surface area contributed by atoms with E-state index < -0.39 is 5.82 Å². The number of amides is 1. The summed E-state index contributed by atoms with van der Waals surface area (Å²) in [5.74, 6) is 0.245. The molecule has 0 radical (unpaired) electrons. The number of carbonyl (C=O) groups is 1. The van der Waals surface area contributed by atoms with Gasteiger partial charge in [0.1, 0.15) is 11.6 Å². The van der Waals surface area contributed by atoms with Crippen molar-refractivity contribution in [3.8, 4) is 5.75 Å². The van der Waals surface area contributed by atoms with Gasteiger partial charge in [0.15, 0.2) is 0 Å². The second-order valence-electron chi connectivity index (χ2n) is 6.64. The van der Waals surface area contributed by atoms with E-state index in [0.29, 0.717) is 12.1 Å². The maximum Gasteiger partial charge on any atom is 0.254 e. The maximum absolute atomic E-state index is 13.7. The van der Waals surface area contributed by atoms with Gasteiger partial charge in [0, 0.05) is 12.1 Å². The molecule has 3 nitrogen and oxygen atoms in total. The van der Waals surface area contributed by atoms with E-state index in [2.05, 4.69) is 0 Å². The van der Waals surface area contributed by atoms with Crippen LogP contribution >= 0.6 is 0 Å². The zero-order chi connectivity index (χ0) is 18.8. The summed E-state index contributed by atoms with van der Waals surface area (Å²) in [4.78, 5) is 15.0. The summed E-state index contributed by atoms with van der Waals surface area (Å²) >= 11 is 0. The summed E-state index contributed by atoms with van der Waals surface area (Å²) in [6.45, 7) is 0.565. The molecule has 0 saturated carbocycles. The highest BCUT2D eigenvalue weighted by Gasteiger charge is 2.32. The normalized spacial score (nSPS) is 15.9. The molecule has 4 heteroatoms. The second-order valence-corrected chi connectivity index (χ2v) is 6.64. The number of halogens is 1. The van der Waals surface area contributed by atoms with E-state index in [1.165, 1.54) is 17.7 Å². The molecular weight excluding hydrogens is 341 g/mol. The summed E-state index contributed by atoms with van der Waals surface area (Å²) in [6, 6.07) is 21.6. The summed E-state index contributed by atoms with van der Waals surface area (Å²) < 4.78 is 19.0. The largest absolute Gasteiger partial charge is 0.497 e. The van der Waals surface area contributed by atoms with Gasteiger partial charge in [-0.05, 0) is 53.4 Å². The molecule has 1 atom stereocenters. The molecule has 0 saturated heterocycles. The first-order valence-electron chi connectivity index (χ1n) is 8.95. The van der Waals surface area contributed by atoms with Crippen LogP contribution in [0.3, 0.4) is 0 Å². The average Bonchev–Trinajstić information content (AvgIpc) is 2.72. The van der Waals surface area contributed by atoms with Gasteiger partial charge < -0.3 is 9.64 Å². The van der Waals surface area contributed by atoms with Gasteiger partial charge in [-0.3, -0.25) is 4.79 Å². The molecule has 1 heterocycles. The Balaban J connectivity index is 1.80. The van der Waals surface area contributed by atoms with Crippen LogP contribution in [0.4, 0.5) is 4.39 Å². The number of hydrogen-bond acceptors (Lipinski definition) is 2. The summed E-state index contributed by atoms with van der Waals surface area (Å²) in [5, 5.41) is 0. The third-order valence-electron chi connectivity index (χ3n) is 5.03. The van der Waals surface area contributed by atoms with Crippen molar-refractivity contribution >= 4 is 5.91 Å². The summed E-state index contributed by atoms with van der Waals surface area (Å²) in [5.41, 5.74) is 3.66. The van der Waals surface area contributed by atoms with Crippen LogP contribution in [0.5, 0.6) is 5.75 Å². The number of hydrogen-bond donors (Lipinski definition) is 0. The smallest absolute Gasteiger partial charge is 0.254 e. The van der Waals surface area contributed by atoms with E-state index in [1.807, 2.05) is 53.4 Å². The van der Waals surface area contributed by atoms with Crippen molar-refractivity contribution in [3.63, 3.8) is 0 Å². The highest BCUT2D eigenvalue weighted by molar-refractivity contribution is 5.95. The van der Waals surface area contributed by atoms with Gasteiger partial charge >= 0.3 is 0 Å². The number of nitrogens with zero attached hydrogens (tertiary/aromatic N) is 1. The van der Waals surface area contributed by atoms with E-state index in [1.54, 1.807) is 19.2 Å². The van der Waals surface area contributed by atoms with Crippen molar-refractivity contribution in [2.45, 2.75) is 12.5 Å². The van der Waals surface area contributed by atoms with E-state index in [9.17, 15) is 9.18 Å². The Hall–Kier alpha value is -3.14. The number of fused-ring (bicyclic) bond motifs is 1. The summed E-state index contributed by atoms with van der Waals surface area (Å²) in [6.07, 6.45) is 0.733. The van der Waals surface area contributed by atoms with Crippen molar-refractivity contribution in [2.75, 3.05) is 13.7 Å². The molecule has 0 aromatic heterocycles. The highest BCUT2D eigenvalue weighted by Crippen LogP contribution is 2.37. The number of ether oxygens (including phenoxy) is 1. The Morgan fingerprint density at radius 2 is 1.85 bits per heavy atom. The molecule has 1 amide bonds. The fraction of sp³-hybridized carbons (Fsp3) is 0.174. The molecular formula is C23H20FNO2. The quantitative estimate of drug-likeness (QED) is 0.681. The van der Waals surface area contributed by atoms with Crippen molar-refractivity contribution < 1.29 is 13.9 Å². The monoisotopic (exact) mass is 361 g/mol. The van der Waals surface area contributed by atoms with Crippen LogP contribution in [-0.2, 0) is 6.42 Å². The van der Waals surface area contributed by atoms with Gasteiger partial charge in [0.2, 0.25) is 0 Å². The first-order valence-corrected chi connectivity index (χ1v) is 8.95. The molecule has 3 aromatic carbocycles. The van der Waals surface area contributed by atoms with Gasteiger partial charge in [-0.1, -0.05) is 42.5 Å². The third kappa shape index (κ3) is 3.31. The van der Waals surface area contributed by atoms with Crippen molar-refractivity contribution in [3.05, 3.63) is 101 Å². The van der Waals surface area contributed by atoms with Crippen LogP contribution in [0.15, 0.2) is 72.8 Å². The number of carbonyl (C=O) groups excluding carboxylic acids is 1. The molecule has 0 N–H and O–H groups in total. The van der Waals surface area contributed by atoms with Gasteiger partial charge in [0.25, 0.3) is 5.91 Å². The minimum Gasteiger partial charge on any atom is -0.497 e. The summed E-state index contributed by atoms with van der Waals surface area (Å²) in [7, 11) is 1.65. The van der Waals surface area contributed by atoms with E-state index in [-0.39, 0.29) is 11.9 Å². The van der Waals surface area contributed by atoms with Crippen molar-refractivity contribution in [2.24, 2.45) is 0 Å². The first kappa shape index (κ1) is 17.3. The highest BCUT2D eigenvalue weighted by atomic mass is 19.1. The first-order chi connectivity index (χ1) is 13.2. The molecule has 1 unspecified atom stereocenters. The predicted octanol–water partition coefficient (Wildman–Crippen LogP) is 4.62. The fourth-order valence-electron chi connectivity index (χ4n) is 3.73. The molecule has 0 fully saturated rings. The Kier molecular flexibility index (Phi) is 4.63. The Bertz CT molecular complexity index is 971. The fourth-order valence-corrected chi connectivity index (χ4v) is 3.73. The topological polar surface area (TPSA) is 29.5 Å². The number of rotatable bonds is 3. The molecule has 3 aromatic rings. The predicted molar refractivity (Wildman–Crippen MR) is 102 cm³/mol. The zero-order valence-electron chi connectivity index (χ0n) is 15.1. The molecule has 136 valence electrons. The van der Waals surface area contributed by atoms with Crippen LogP contribution in [0.1, 0.15) is 33.1 Å². The van der Waals surface area contributed by atoms with E-state index in [4.69, 9.17) is 4.74 Å². The lowest BCUT2D eigenvalue weighted by Gasteiger charge is -2.38. The zero-order valence-corrected chi connectivity index (χ0v) is 15.1. The second kappa shape index (κ2) is 7.23. The Morgan fingerprint density at radius 3 is 2.59 bits per heavy atom. The van der Waals surface area contributed by atoms with Crippen LogP contribution in [0.2, 0.25) is 0 Å². The number of methoxy groups -OCH3 is 1. The molecule has 0 spiro atoms. The average molecular weight is 361 g/mol. The lowest BCUT2D eigenvalue weighted by atomic mass is 9.87. The molecule has 27 heavy (non-hydrogen) atoms. The molecule has 0 aliphatic carbocycles. The lowest BCUT2D eigenvalue weighted by Crippen LogP contribution is -2.40. The number of benzene rings is 3. The van der Waals surface area contributed by atoms with E-state index >= 15 is 0 Å². The van der Waals surface area contributed by atoms with Crippen LogP contribution < -0.4 is 4.74 Å². The maximum atomic E-state index is 13.7. The Labute approximate surface area is 158 Å². The molecule has 1 aliphatic rings. The lowest BCUT2D eigenvalue weighted by molar-refractivity contribution is 0.0694. The molecule has 1 aliphatic heterocycles. The van der Waals surface area contributed by atoms with Gasteiger partial charge in [0.05, 0.1) is 13.2 Å².